The number of primary amides is 1. The maximum atomic E-state index is 11.6. The lowest BCUT2D eigenvalue weighted by atomic mass is 10.1. The lowest BCUT2D eigenvalue weighted by Gasteiger charge is -2.27. The summed E-state index contributed by atoms with van der Waals surface area (Å²) < 4.78 is 0. The number of hydrogen-bond donors (Lipinski definition) is 2. The number of aromatic nitrogens is 1. The molecule has 1 aromatic rings. The van der Waals surface area contributed by atoms with Crippen LogP contribution in [0.25, 0.3) is 0 Å². The fraction of sp³-hybridized carbons (Fsp3) is 0.538. The molecule has 1 aliphatic rings. The van der Waals surface area contributed by atoms with E-state index in [1.807, 2.05) is 27.0 Å². The molecule has 1 aliphatic heterocycles. The van der Waals surface area contributed by atoms with Crippen molar-refractivity contribution in [2.45, 2.75) is 26.3 Å². The number of nitrogens with two attached hydrogens (primary N) is 1. The molecular formula is C13H20N4O. The zero-order valence-corrected chi connectivity index (χ0v) is 11.2. The van der Waals surface area contributed by atoms with E-state index in [2.05, 4.69) is 15.2 Å². The predicted octanol–water partition coefficient (Wildman–Crippen LogP) is 0.595. The summed E-state index contributed by atoms with van der Waals surface area (Å²) in [7, 11) is 1.98. The van der Waals surface area contributed by atoms with Gasteiger partial charge in [0.1, 0.15) is 5.82 Å². The summed E-state index contributed by atoms with van der Waals surface area (Å²) in [6.07, 6.45) is 1.06. The summed E-state index contributed by atoms with van der Waals surface area (Å²) in [5, 5.41) is 3.32. The highest BCUT2D eigenvalue weighted by atomic mass is 16.1. The summed E-state index contributed by atoms with van der Waals surface area (Å²) in [6, 6.07) is 2.27. The van der Waals surface area contributed by atoms with E-state index < -0.39 is 5.91 Å². The maximum absolute atomic E-state index is 11.6. The third-order valence-corrected chi connectivity index (χ3v) is 3.49. The van der Waals surface area contributed by atoms with E-state index in [-0.39, 0.29) is 0 Å². The molecule has 3 N–H and O–H groups in total. The number of nitrogens with one attached hydrogen (secondary N) is 1. The average Bonchev–Trinajstić information content (AvgIpc) is 2.79. The number of rotatable bonds is 3. The van der Waals surface area contributed by atoms with Crippen LogP contribution in [0.15, 0.2) is 6.07 Å². The molecule has 1 aromatic heterocycles. The van der Waals surface area contributed by atoms with Crippen molar-refractivity contribution < 1.29 is 4.79 Å². The van der Waals surface area contributed by atoms with Crippen molar-refractivity contribution in [3.05, 3.63) is 22.9 Å². The molecule has 1 saturated heterocycles. The van der Waals surface area contributed by atoms with Crippen LogP contribution in [0.4, 0.5) is 5.82 Å². The Balaban J connectivity index is 2.44. The third kappa shape index (κ3) is 2.31. The Hall–Kier alpha value is -1.62. The van der Waals surface area contributed by atoms with Gasteiger partial charge in [0.15, 0.2) is 0 Å². The highest BCUT2D eigenvalue weighted by Gasteiger charge is 2.24. The van der Waals surface area contributed by atoms with Gasteiger partial charge in [0.2, 0.25) is 0 Å². The standard InChI is InChI=1S/C13H20N4O/c1-8-6-9(2)16-13(11(8)12(14)18)17(3)10-4-5-15-7-10/h6,10,15H,4-5,7H2,1-3H3,(H2,14,18). The van der Waals surface area contributed by atoms with E-state index in [0.717, 1.165) is 30.8 Å². The Bertz CT molecular complexity index is 466. The summed E-state index contributed by atoms with van der Waals surface area (Å²) >= 11 is 0. The highest BCUT2D eigenvalue weighted by Crippen LogP contribution is 2.24. The molecule has 0 spiro atoms. The molecule has 0 aliphatic carbocycles. The van der Waals surface area contributed by atoms with Crippen LogP contribution in [0.3, 0.4) is 0 Å². The Morgan fingerprint density at radius 3 is 2.83 bits per heavy atom. The fourth-order valence-electron chi connectivity index (χ4n) is 2.52. The van der Waals surface area contributed by atoms with E-state index >= 15 is 0 Å². The fourth-order valence-corrected chi connectivity index (χ4v) is 2.52. The van der Waals surface area contributed by atoms with Gasteiger partial charge in [-0.1, -0.05) is 0 Å². The van der Waals surface area contributed by atoms with Crippen molar-refractivity contribution in [2.75, 3.05) is 25.0 Å². The second kappa shape index (κ2) is 4.94. The van der Waals surface area contributed by atoms with Crippen LogP contribution in [0.5, 0.6) is 0 Å². The highest BCUT2D eigenvalue weighted by molar-refractivity contribution is 5.99. The summed E-state index contributed by atoms with van der Waals surface area (Å²) in [6.45, 7) is 5.76. The minimum atomic E-state index is -0.409. The first-order valence-corrected chi connectivity index (χ1v) is 6.22. The number of carbonyl (C=O) groups excluding carboxylic acids is 1. The van der Waals surface area contributed by atoms with E-state index in [4.69, 9.17) is 5.73 Å². The first-order valence-electron chi connectivity index (χ1n) is 6.22. The van der Waals surface area contributed by atoms with Gasteiger partial charge in [0.05, 0.1) is 5.56 Å². The van der Waals surface area contributed by atoms with Crippen LogP contribution >= 0.6 is 0 Å². The second-order valence-electron chi connectivity index (χ2n) is 4.90. The molecule has 1 amide bonds. The molecule has 0 bridgehead atoms. The number of aryl methyl sites for hydroxylation is 2. The van der Waals surface area contributed by atoms with Crippen LogP contribution in [-0.2, 0) is 0 Å². The minimum Gasteiger partial charge on any atom is -0.365 e. The summed E-state index contributed by atoms with van der Waals surface area (Å²) in [5.41, 5.74) is 7.82. The van der Waals surface area contributed by atoms with Crippen molar-refractivity contribution >= 4 is 11.7 Å². The molecule has 2 rings (SSSR count). The van der Waals surface area contributed by atoms with E-state index in [1.165, 1.54) is 0 Å². The molecule has 98 valence electrons. The van der Waals surface area contributed by atoms with Gasteiger partial charge in [-0.15, -0.1) is 0 Å². The smallest absolute Gasteiger partial charge is 0.252 e. The zero-order chi connectivity index (χ0) is 13.3. The minimum absolute atomic E-state index is 0.372. The Kier molecular flexibility index (Phi) is 3.52. The Morgan fingerprint density at radius 2 is 2.28 bits per heavy atom. The lowest BCUT2D eigenvalue weighted by molar-refractivity contribution is 0.1000. The molecule has 1 atom stereocenters. The average molecular weight is 248 g/mol. The number of amides is 1. The summed E-state index contributed by atoms with van der Waals surface area (Å²) in [5.74, 6) is 0.293. The predicted molar refractivity (Wildman–Crippen MR) is 71.9 cm³/mol. The van der Waals surface area contributed by atoms with Gasteiger partial charge in [-0.2, -0.15) is 0 Å². The number of hydrogen-bond acceptors (Lipinski definition) is 4. The molecule has 0 radical (unpaired) electrons. The normalized spacial score (nSPS) is 18.9. The second-order valence-corrected chi connectivity index (χ2v) is 4.90. The monoisotopic (exact) mass is 248 g/mol. The Labute approximate surface area is 107 Å². The van der Waals surface area contributed by atoms with Crippen molar-refractivity contribution in [1.82, 2.24) is 10.3 Å². The largest absolute Gasteiger partial charge is 0.365 e. The van der Waals surface area contributed by atoms with Gasteiger partial charge in [-0.05, 0) is 38.4 Å². The molecule has 5 heteroatoms. The van der Waals surface area contributed by atoms with Crippen LogP contribution in [-0.4, -0.2) is 37.1 Å². The van der Waals surface area contributed by atoms with Crippen LogP contribution < -0.4 is 16.0 Å². The third-order valence-electron chi connectivity index (χ3n) is 3.49. The number of carbonyl (C=O) groups is 1. The molecule has 1 fully saturated rings. The van der Waals surface area contributed by atoms with Crippen molar-refractivity contribution in [1.29, 1.82) is 0 Å². The molecule has 5 nitrogen and oxygen atoms in total. The number of nitrogens with zero attached hydrogens (tertiary/aromatic N) is 2. The van der Waals surface area contributed by atoms with Crippen LogP contribution in [0, 0.1) is 13.8 Å². The van der Waals surface area contributed by atoms with E-state index in [0.29, 0.717) is 17.4 Å². The molecule has 0 aromatic carbocycles. The van der Waals surface area contributed by atoms with Gasteiger partial charge in [-0.25, -0.2) is 4.98 Å². The van der Waals surface area contributed by atoms with Gasteiger partial charge < -0.3 is 16.0 Å². The first kappa shape index (κ1) is 12.8. The quantitative estimate of drug-likeness (QED) is 0.821. The van der Waals surface area contributed by atoms with Crippen molar-refractivity contribution in [2.24, 2.45) is 5.73 Å². The van der Waals surface area contributed by atoms with Crippen LogP contribution in [0.2, 0.25) is 0 Å². The number of likely N-dealkylation sites (N-methyl/N-ethyl adjacent to an activating group) is 1. The molecule has 0 saturated carbocycles. The first-order chi connectivity index (χ1) is 8.50. The van der Waals surface area contributed by atoms with Crippen LogP contribution in [0.1, 0.15) is 28.0 Å². The topological polar surface area (TPSA) is 71.2 Å². The Morgan fingerprint density at radius 1 is 1.56 bits per heavy atom. The van der Waals surface area contributed by atoms with Gasteiger partial charge >= 0.3 is 0 Å². The van der Waals surface area contributed by atoms with Crippen molar-refractivity contribution in [3.8, 4) is 0 Å². The zero-order valence-electron chi connectivity index (χ0n) is 11.2. The SMILES string of the molecule is Cc1cc(C)c(C(N)=O)c(N(C)C2CCNC2)n1. The molecule has 18 heavy (non-hydrogen) atoms. The number of anilines is 1. The van der Waals surface area contributed by atoms with E-state index in [9.17, 15) is 4.79 Å². The lowest BCUT2D eigenvalue weighted by Crippen LogP contribution is -2.36. The molecule has 1 unspecified atom stereocenters. The van der Waals surface area contributed by atoms with Crippen molar-refractivity contribution in [3.63, 3.8) is 0 Å². The number of pyridine rings is 1. The molecular weight excluding hydrogens is 228 g/mol. The van der Waals surface area contributed by atoms with Gasteiger partial charge in [0.25, 0.3) is 5.91 Å². The van der Waals surface area contributed by atoms with Gasteiger partial charge in [0, 0.05) is 25.3 Å². The van der Waals surface area contributed by atoms with Gasteiger partial charge in [-0.3, -0.25) is 4.79 Å². The van der Waals surface area contributed by atoms with E-state index in [1.54, 1.807) is 0 Å². The molecule has 2 heterocycles. The summed E-state index contributed by atoms with van der Waals surface area (Å²) in [4.78, 5) is 18.2. The maximum Gasteiger partial charge on any atom is 0.252 e.